The molecule has 0 aliphatic rings. The van der Waals surface area contributed by atoms with Crippen molar-refractivity contribution < 1.29 is 17.9 Å². The lowest BCUT2D eigenvalue weighted by Crippen LogP contribution is -2.27. The van der Waals surface area contributed by atoms with Crippen LogP contribution in [0.4, 0.5) is 0 Å². The molecule has 0 amide bonds. The molecule has 2 rings (SSSR count). The monoisotopic (exact) mass is 381 g/mol. The number of halogens is 1. The van der Waals surface area contributed by atoms with Crippen LogP contribution in [-0.4, -0.2) is 21.5 Å². The van der Waals surface area contributed by atoms with Crippen LogP contribution < -0.4 is 4.72 Å². The Morgan fingerprint density at radius 2 is 1.80 bits per heavy atom. The van der Waals surface area contributed by atoms with Crippen LogP contribution in [0.15, 0.2) is 41.3 Å². The molecule has 2 aromatic carbocycles. The Kier molecular flexibility index (Phi) is 5.87. The van der Waals surface area contributed by atoms with Gasteiger partial charge in [0, 0.05) is 6.04 Å². The molecule has 2 aromatic rings. The van der Waals surface area contributed by atoms with Crippen LogP contribution in [-0.2, 0) is 14.8 Å². The number of carbonyl (C=O) groups excluding carboxylic acids is 1. The van der Waals surface area contributed by atoms with Gasteiger partial charge in [-0.15, -0.1) is 0 Å². The molecule has 1 atom stereocenters. The largest absolute Gasteiger partial charge is 0.465 e. The summed E-state index contributed by atoms with van der Waals surface area (Å²) in [6.07, 6.45) is 0. The number of hydrogen-bond donors (Lipinski definition) is 1. The van der Waals surface area contributed by atoms with Crippen molar-refractivity contribution in [1.29, 1.82) is 0 Å². The second kappa shape index (κ2) is 7.56. The number of carbonyl (C=O) groups is 1. The average molecular weight is 382 g/mol. The molecule has 0 bridgehead atoms. The van der Waals surface area contributed by atoms with Gasteiger partial charge in [0.25, 0.3) is 0 Å². The number of sulfonamides is 1. The van der Waals surface area contributed by atoms with Gasteiger partial charge in [0.05, 0.1) is 22.6 Å². The first-order valence-corrected chi connectivity index (χ1v) is 9.49. The van der Waals surface area contributed by atoms with Gasteiger partial charge in [-0.05, 0) is 55.7 Å². The highest BCUT2D eigenvalue weighted by molar-refractivity contribution is 7.89. The summed E-state index contributed by atoms with van der Waals surface area (Å²) in [4.78, 5) is 11.7. The smallest absolute Gasteiger partial charge is 0.339 e. The minimum Gasteiger partial charge on any atom is -0.465 e. The van der Waals surface area contributed by atoms with Gasteiger partial charge in [-0.1, -0.05) is 29.8 Å². The number of ether oxygens (including phenoxy) is 1. The summed E-state index contributed by atoms with van der Waals surface area (Å²) in [6, 6.07) is 9.28. The number of methoxy groups -OCH3 is 1. The van der Waals surface area contributed by atoms with Gasteiger partial charge in [0.15, 0.2) is 0 Å². The van der Waals surface area contributed by atoms with Crippen molar-refractivity contribution in [3.63, 3.8) is 0 Å². The van der Waals surface area contributed by atoms with E-state index in [0.29, 0.717) is 0 Å². The van der Waals surface area contributed by atoms with Crippen molar-refractivity contribution in [3.8, 4) is 0 Å². The Balaban J connectivity index is 2.32. The summed E-state index contributed by atoms with van der Waals surface area (Å²) in [7, 11) is -2.62. The zero-order valence-electron chi connectivity index (χ0n) is 14.5. The lowest BCUT2D eigenvalue weighted by molar-refractivity contribution is 0.0600. The van der Waals surface area contributed by atoms with E-state index in [1.807, 2.05) is 32.0 Å². The fourth-order valence-corrected chi connectivity index (χ4v) is 3.79. The molecule has 0 saturated carbocycles. The molecule has 25 heavy (non-hydrogen) atoms. The lowest BCUT2D eigenvalue weighted by Gasteiger charge is -2.16. The Bertz CT molecular complexity index is 909. The van der Waals surface area contributed by atoms with Crippen molar-refractivity contribution in [2.75, 3.05) is 7.11 Å². The van der Waals surface area contributed by atoms with E-state index in [9.17, 15) is 13.2 Å². The predicted molar refractivity (Wildman–Crippen MR) is 97.4 cm³/mol. The van der Waals surface area contributed by atoms with Crippen molar-refractivity contribution in [2.45, 2.75) is 31.7 Å². The second-order valence-corrected chi connectivity index (χ2v) is 7.94. The zero-order valence-corrected chi connectivity index (χ0v) is 16.0. The molecule has 0 heterocycles. The van der Waals surface area contributed by atoms with Gasteiger partial charge < -0.3 is 4.74 Å². The third-order valence-electron chi connectivity index (χ3n) is 4.02. The third kappa shape index (κ3) is 4.39. The molecule has 0 unspecified atom stereocenters. The number of nitrogens with one attached hydrogen (secondary N) is 1. The first-order chi connectivity index (χ1) is 11.7. The molecule has 7 heteroatoms. The summed E-state index contributed by atoms with van der Waals surface area (Å²) in [5.41, 5.74) is 3.09. The minimum absolute atomic E-state index is 0.00544. The minimum atomic E-state index is -3.83. The molecule has 0 fully saturated rings. The van der Waals surface area contributed by atoms with Crippen molar-refractivity contribution in [1.82, 2.24) is 4.72 Å². The number of aryl methyl sites for hydroxylation is 2. The molecule has 0 spiro atoms. The van der Waals surface area contributed by atoms with E-state index in [1.54, 1.807) is 6.92 Å². The fraction of sp³-hybridized carbons (Fsp3) is 0.278. The van der Waals surface area contributed by atoms with Crippen LogP contribution in [0.5, 0.6) is 0 Å². The number of rotatable bonds is 5. The quantitative estimate of drug-likeness (QED) is 0.800. The van der Waals surface area contributed by atoms with Gasteiger partial charge in [0.1, 0.15) is 0 Å². The Hall–Kier alpha value is -1.89. The first kappa shape index (κ1) is 19.4. The van der Waals surface area contributed by atoms with Crippen molar-refractivity contribution in [2.24, 2.45) is 0 Å². The number of benzene rings is 2. The van der Waals surface area contributed by atoms with Crippen LogP contribution in [0.2, 0.25) is 5.02 Å². The summed E-state index contributed by atoms with van der Waals surface area (Å²) < 4.78 is 32.5. The maximum atomic E-state index is 12.6. The van der Waals surface area contributed by atoms with Gasteiger partial charge in [0.2, 0.25) is 10.0 Å². The van der Waals surface area contributed by atoms with E-state index >= 15 is 0 Å². The van der Waals surface area contributed by atoms with Gasteiger partial charge >= 0.3 is 5.97 Å². The molecular weight excluding hydrogens is 362 g/mol. The fourth-order valence-electron chi connectivity index (χ4n) is 2.34. The van der Waals surface area contributed by atoms with Crippen molar-refractivity contribution >= 4 is 27.6 Å². The lowest BCUT2D eigenvalue weighted by atomic mass is 10.0. The van der Waals surface area contributed by atoms with Crippen LogP contribution in [0.25, 0.3) is 0 Å². The zero-order chi connectivity index (χ0) is 18.8. The average Bonchev–Trinajstić information content (AvgIpc) is 2.56. The van der Waals surface area contributed by atoms with Gasteiger partial charge in [-0.3, -0.25) is 0 Å². The van der Waals surface area contributed by atoms with Crippen LogP contribution in [0, 0.1) is 13.8 Å². The molecule has 134 valence electrons. The van der Waals surface area contributed by atoms with Crippen LogP contribution in [0.1, 0.15) is 40.0 Å². The van der Waals surface area contributed by atoms with Gasteiger partial charge in [-0.2, -0.15) is 0 Å². The molecule has 5 nitrogen and oxygen atoms in total. The Morgan fingerprint density at radius 1 is 1.12 bits per heavy atom. The van der Waals surface area contributed by atoms with E-state index in [-0.39, 0.29) is 15.5 Å². The summed E-state index contributed by atoms with van der Waals surface area (Å²) >= 11 is 5.94. The molecule has 0 aliphatic carbocycles. The highest BCUT2D eigenvalue weighted by atomic mass is 35.5. The summed E-state index contributed by atoms with van der Waals surface area (Å²) in [5, 5.41) is 0.132. The molecule has 0 radical (unpaired) electrons. The topological polar surface area (TPSA) is 72.5 Å². The standard InChI is InChI=1S/C18H20ClNO4S/c1-11-5-6-14(9-12(11)2)13(3)20-25(22,23)15-7-8-17(19)16(10-15)18(21)24-4/h5-10,13,20H,1-4H3/t13-/m1/s1. The van der Waals surface area contributed by atoms with E-state index < -0.39 is 22.0 Å². The number of hydrogen-bond acceptors (Lipinski definition) is 4. The maximum absolute atomic E-state index is 12.6. The first-order valence-electron chi connectivity index (χ1n) is 7.63. The van der Waals surface area contributed by atoms with E-state index in [4.69, 9.17) is 11.6 Å². The van der Waals surface area contributed by atoms with Crippen LogP contribution in [0.3, 0.4) is 0 Å². The Labute approximate surface area is 153 Å². The normalized spacial score (nSPS) is 12.7. The SMILES string of the molecule is COC(=O)c1cc(S(=O)(=O)N[C@H](C)c2ccc(C)c(C)c2)ccc1Cl. The second-order valence-electron chi connectivity index (χ2n) is 5.82. The maximum Gasteiger partial charge on any atom is 0.339 e. The Morgan fingerprint density at radius 3 is 2.40 bits per heavy atom. The molecule has 1 N–H and O–H groups in total. The van der Waals surface area contributed by atoms with Crippen molar-refractivity contribution in [3.05, 3.63) is 63.7 Å². The molecule has 0 aliphatic heterocycles. The summed E-state index contributed by atoms with van der Waals surface area (Å²) in [5.74, 6) is -0.691. The molecule has 0 aromatic heterocycles. The number of esters is 1. The predicted octanol–water partition coefficient (Wildman–Crippen LogP) is 3.78. The highest BCUT2D eigenvalue weighted by Crippen LogP contribution is 2.23. The molecular formula is C18H20ClNO4S. The summed E-state index contributed by atoms with van der Waals surface area (Å²) in [6.45, 7) is 5.73. The molecule has 0 saturated heterocycles. The van der Waals surface area contributed by atoms with E-state index in [2.05, 4.69) is 9.46 Å². The highest BCUT2D eigenvalue weighted by Gasteiger charge is 2.21. The van der Waals surface area contributed by atoms with E-state index in [1.165, 1.54) is 25.3 Å². The van der Waals surface area contributed by atoms with E-state index in [0.717, 1.165) is 16.7 Å². The third-order valence-corrected chi connectivity index (χ3v) is 5.88. The van der Waals surface area contributed by atoms with Gasteiger partial charge in [-0.25, -0.2) is 17.9 Å². The van der Waals surface area contributed by atoms with Crippen LogP contribution >= 0.6 is 11.6 Å².